The summed E-state index contributed by atoms with van der Waals surface area (Å²) in [7, 11) is 1.48. The lowest BCUT2D eigenvalue weighted by molar-refractivity contribution is -0.137. The van der Waals surface area contributed by atoms with Crippen molar-refractivity contribution in [3.8, 4) is 0 Å². The number of aromatic nitrogens is 1. The molecule has 0 radical (unpaired) electrons. The summed E-state index contributed by atoms with van der Waals surface area (Å²) in [4.78, 5) is 30.7. The zero-order valence-electron chi connectivity index (χ0n) is 16.4. The molecule has 1 aromatic carbocycles. The van der Waals surface area contributed by atoms with Crippen LogP contribution in [-0.2, 0) is 22.3 Å². The Morgan fingerprint density at radius 1 is 1.33 bits per heavy atom. The molecular weight excluding hydrogens is 421 g/mol. The molecule has 1 aliphatic rings. The Morgan fingerprint density at radius 3 is 2.70 bits per heavy atom. The van der Waals surface area contributed by atoms with Crippen molar-refractivity contribution in [2.75, 3.05) is 24.3 Å². The van der Waals surface area contributed by atoms with E-state index in [0.717, 1.165) is 28.4 Å². The van der Waals surface area contributed by atoms with Gasteiger partial charge >= 0.3 is 12.2 Å². The Labute approximate surface area is 175 Å². The summed E-state index contributed by atoms with van der Waals surface area (Å²) in [6.45, 7) is 2.49. The van der Waals surface area contributed by atoms with E-state index in [9.17, 15) is 22.8 Å². The van der Waals surface area contributed by atoms with E-state index < -0.39 is 35.5 Å². The lowest BCUT2D eigenvalue weighted by Gasteiger charge is -2.20. The Bertz CT molecular complexity index is 926. The predicted octanol–water partition coefficient (Wildman–Crippen LogP) is 4.25. The number of nitrogens with zero attached hydrogens (tertiary/aromatic N) is 2. The highest BCUT2D eigenvalue weighted by Gasteiger charge is 2.35. The van der Waals surface area contributed by atoms with Crippen molar-refractivity contribution >= 4 is 34.6 Å². The van der Waals surface area contributed by atoms with E-state index in [4.69, 9.17) is 4.74 Å². The van der Waals surface area contributed by atoms with Crippen molar-refractivity contribution in [2.24, 2.45) is 0 Å². The molecule has 7 nitrogen and oxygen atoms in total. The fourth-order valence-corrected chi connectivity index (χ4v) is 3.82. The molecule has 0 unspecified atom stereocenters. The maximum atomic E-state index is 13.6. The molecule has 1 atom stereocenters. The number of anilines is 2. The van der Waals surface area contributed by atoms with Crippen LogP contribution >= 0.6 is 11.3 Å². The van der Waals surface area contributed by atoms with Crippen LogP contribution < -0.4 is 10.6 Å². The number of aryl methyl sites for hydroxylation is 1. The molecule has 3 rings (SSSR count). The number of nitrogens with one attached hydrogen (secondary N) is 2. The van der Waals surface area contributed by atoms with E-state index in [1.165, 1.54) is 29.4 Å². The maximum Gasteiger partial charge on any atom is 0.418 e. The monoisotopic (exact) mass is 442 g/mol. The molecule has 0 bridgehead atoms. The second-order valence-electron chi connectivity index (χ2n) is 6.88. The average molecular weight is 442 g/mol. The molecule has 2 heterocycles. The standard InChI is InChI=1S/C19H21F3N4O3S/c1-11-23-9-13(30-11)10-26(2)18(28)25-15-6-5-12(8-14(15)19(20,21)22)24-17(27)16-4-3-7-29-16/h5-6,8-9,16H,3-4,7,10H2,1-2H3,(H,24,27)(H,25,28)/t16-/m1/s1. The van der Waals surface area contributed by atoms with Gasteiger partial charge in [0.15, 0.2) is 0 Å². The van der Waals surface area contributed by atoms with Crippen LogP contribution in [0.4, 0.5) is 29.3 Å². The number of amides is 3. The van der Waals surface area contributed by atoms with Gasteiger partial charge in [0.2, 0.25) is 0 Å². The number of benzene rings is 1. The Kier molecular flexibility index (Phi) is 6.61. The fourth-order valence-electron chi connectivity index (χ4n) is 2.97. The highest BCUT2D eigenvalue weighted by atomic mass is 32.1. The smallest absolute Gasteiger partial charge is 0.368 e. The van der Waals surface area contributed by atoms with Crippen LogP contribution in [0.25, 0.3) is 0 Å². The fraction of sp³-hybridized carbons (Fsp3) is 0.421. The topological polar surface area (TPSA) is 83.6 Å². The van der Waals surface area contributed by atoms with Crippen LogP contribution in [-0.4, -0.2) is 41.6 Å². The molecule has 11 heteroatoms. The summed E-state index contributed by atoms with van der Waals surface area (Å²) in [5, 5.41) is 5.57. The Balaban J connectivity index is 1.73. The Morgan fingerprint density at radius 2 is 2.10 bits per heavy atom. The molecule has 0 aliphatic carbocycles. The van der Waals surface area contributed by atoms with Crippen molar-refractivity contribution < 1.29 is 27.5 Å². The number of carbonyl (C=O) groups excluding carboxylic acids is 2. The van der Waals surface area contributed by atoms with Gasteiger partial charge in [0.25, 0.3) is 5.91 Å². The number of alkyl halides is 3. The summed E-state index contributed by atoms with van der Waals surface area (Å²) in [5.41, 5.74) is -1.47. The normalized spacial score (nSPS) is 16.4. The highest BCUT2D eigenvalue weighted by molar-refractivity contribution is 7.11. The lowest BCUT2D eigenvalue weighted by Crippen LogP contribution is -2.31. The van der Waals surface area contributed by atoms with E-state index in [2.05, 4.69) is 15.6 Å². The Hall–Kier alpha value is -2.66. The summed E-state index contributed by atoms with van der Waals surface area (Å²) in [6, 6.07) is 2.54. The lowest BCUT2D eigenvalue weighted by atomic mass is 10.1. The van der Waals surface area contributed by atoms with Gasteiger partial charge < -0.3 is 20.3 Å². The van der Waals surface area contributed by atoms with Crippen LogP contribution in [0.3, 0.4) is 0 Å². The van der Waals surface area contributed by atoms with Crippen LogP contribution in [0.2, 0.25) is 0 Å². The summed E-state index contributed by atoms with van der Waals surface area (Å²) in [5.74, 6) is -0.489. The molecule has 0 saturated carbocycles. The van der Waals surface area contributed by atoms with Crippen LogP contribution in [0.15, 0.2) is 24.4 Å². The van der Waals surface area contributed by atoms with Gasteiger partial charge in [-0.25, -0.2) is 9.78 Å². The van der Waals surface area contributed by atoms with Crippen molar-refractivity contribution in [3.63, 3.8) is 0 Å². The van der Waals surface area contributed by atoms with Gasteiger partial charge in [-0.05, 0) is 38.0 Å². The first-order valence-electron chi connectivity index (χ1n) is 9.20. The van der Waals surface area contributed by atoms with E-state index in [1.807, 2.05) is 6.92 Å². The number of rotatable bonds is 5. The molecule has 1 aromatic heterocycles. The van der Waals surface area contributed by atoms with Gasteiger partial charge in [-0.1, -0.05) is 0 Å². The van der Waals surface area contributed by atoms with Crippen molar-refractivity contribution in [1.29, 1.82) is 0 Å². The highest BCUT2D eigenvalue weighted by Crippen LogP contribution is 2.37. The zero-order valence-corrected chi connectivity index (χ0v) is 17.2. The molecule has 3 amide bonds. The van der Waals surface area contributed by atoms with Gasteiger partial charge in [0.1, 0.15) is 6.10 Å². The number of thiazole rings is 1. The number of carbonyl (C=O) groups is 2. The largest absolute Gasteiger partial charge is 0.418 e. The van der Waals surface area contributed by atoms with Gasteiger partial charge in [-0.3, -0.25) is 4.79 Å². The first-order chi connectivity index (χ1) is 14.1. The van der Waals surface area contributed by atoms with Gasteiger partial charge in [0.05, 0.1) is 22.8 Å². The number of hydrogen-bond acceptors (Lipinski definition) is 5. The molecule has 1 saturated heterocycles. The maximum absolute atomic E-state index is 13.6. The van der Waals surface area contributed by atoms with E-state index >= 15 is 0 Å². The average Bonchev–Trinajstić information content (AvgIpc) is 3.34. The van der Waals surface area contributed by atoms with Crippen molar-refractivity contribution in [3.05, 3.63) is 39.8 Å². The van der Waals surface area contributed by atoms with Crippen LogP contribution in [0, 0.1) is 6.92 Å². The third-order valence-corrected chi connectivity index (χ3v) is 5.36. The third kappa shape index (κ3) is 5.48. The van der Waals surface area contributed by atoms with E-state index in [-0.39, 0.29) is 12.2 Å². The van der Waals surface area contributed by atoms with Crippen LogP contribution in [0.1, 0.15) is 28.3 Å². The molecule has 0 spiro atoms. The molecule has 2 N–H and O–H groups in total. The minimum Gasteiger partial charge on any atom is -0.368 e. The minimum atomic E-state index is -4.72. The SMILES string of the molecule is Cc1ncc(CN(C)C(=O)Nc2ccc(NC(=O)[C@H]3CCCO3)cc2C(F)(F)F)s1. The molecular formula is C19H21F3N4O3S. The zero-order chi connectivity index (χ0) is 21.9. The summed E-state index contributed by atoms with van der Waals surface area (Å²) < 4.78 is 45.9. The van der Waals surface area contributed by atoms with Crippen LogP contribution in [0.5, 0.6) is 0 Å². The predicted molar refractivity (Wildman–Crippen MR) is 106 cm³/mol. The number of urea groups is 1. The second kappa shape index (κ2) is 9.00. The van der Waals surface area contributed by atoms with Gasteiger partial charge in [-0.15, -0.1) is 11.3 Å². The number of ether oxygens (including phenoxy) is 1. The minimum absolute atomic E-state index is 0.0192. The summed E-state index contributed by atoms with van der Waals surface area (Å²) >= 11 is 1.40. The summed E-state index contributed by atoms with van der Waals surface area (Å²) in [6.07, 6.45) is -2.51. The quantitative estimate of drug-likeness (QED) is 0.725. The first-order valence-corrected chi connectivity index (χ1v) is 10.0. The van der Waals surface area contributed by atoms with Crippen molar-refractivity contribution in [2.45, 2.75) is 38.6 Å². The molecule has 1 aliphatic heterocycles. The number of hydrogen-bond donors (Lipinski definition) is 2. The van der Waals surface area contributed by atoms with E-state index in [0.29, 0.717) is 13.0 Å². The van der Waals surface area contributed by atoms with Gasteiger partial charge in [-0.2, -0.15) is 13.2 Å². The molecule has 1 fully saturated rings. The third-order valence-electron chi connectivity index (χ3n) is 4.47. The van der Waals surface area contributed by atoms with Gasteiger partial charge in [0, 0.05) is 30.4 Å². The molecule has 30 heavy (non-hydrogen) atoms. The molecule has 2 aromatic rings. The second-order valence-corrected chi connectivity index (χ2v) is 8.20. The van der Waals surface area contributed by atoms with Crippen molar-refractivity contribution in [1.82, 2.24) is 9.88 Å². The first kappa shape index (κ1) is 22.0. The van der Waals surface area contributed by atoms with E-state index in [1.54, 1.807) is 6.20 Å². The number of halogens is 3. The molecule has 162 valence electrons.